The number of rotatable bonds is 9. The van der Waals surface area contributed by atoms with Gasteiger partial charge in [0.25, 0.3) is 5.91 Å². The molecule has 4 bridgehead atoms. The normalized spacial score (nSPS) is 31.7. The van der Waals surface area contributed by atoms with Gasteiger partial charge in [0.2, 0.25) is 0 Å². The standard InChI is InChI=1S/C56H71NO14Si2/c1-33-39(66-49(61)34(2)43(36-23-17-14-18-24-36)57(51(63)69-52(4,5)6)48(60)37-25-19-15-20-26-37)30-56(64)47(67-50(62)38-27-21-16-22-28-38)45-54(9)40(29-41-55(45,31-65-41)68-35(3)58)70-72(10,11)32-73(12,13)71-44(46(54)59)42(33)53(56,7)8/h14-28,34,39-41,43-45,47,64H,29-32H2,1-13H3/t34-,39+,40-,41+,43+,44+,45?,47+,54+,55+,56+/m0/s1. The molecule has 2 heterocycles. The minimum atomic E-state index is -2.90. The number of carbonyl (C=O) groups excluding carboxylic acids is 6. The lowest BCUT2D eigenvalue weighted by Gasteiger charge is -2.68. The highest BCUT2D eigenvalue weighted by Gasteiger charge is 2.79. The summed E-state index contributed by atoms with van der Waals surface area (Å²) < 4.78 is 46.5. The molecule has 1 unspecified atom stereocenters. The molecule has 2 saturated heterocycles. The second kappa shape index (κ2) is 19.1. The molecule has 0 aromatic heterocycles. The van der Waals surface area contributed by atoms with Crippen LogP contribution in [0.3, 0.4) is 0 Å². The Kier molecular flexibility index (Phi) is 14.1. The minimum Gasteiger partial charge on any atom is -0.457 e. The summed E-state index contributed by atoms with van der Waals surface area (Å²) in [4.78, 5) is 90.1. The van der Waals surface area contributed by atoms with Gasteiger partial charge in [-0.15, -0.1) is 0 Å². The second-order valence-electron chi connectivity index (χ2n) is 23.6. The summed E-state index contributed by atoms with van der Waals surface area (Å²) in [7, 11) is -5.62. The van der Waals surface area contributed by atoms with Gasteiger partial charge in [-0.05, 0) is 114 Å². The molecule has 5 aliphatic rings. The van der Waals surface area contributed by atoms with Crippen LogP contribution in [0, 0.1) is 22.7 Å². The molecule has 17 heteroatoms. The summed E-state index contributed by atoms with van der Waals surface area (Å²) in [5, 5.41) is 14.3. The number of fused-ring (bicyclic) bond motifs is 6. The molecule has 4 fully saturated rings. The monoisotopic (exact) mass is 1040 g/mol. The van der Waals surface area contributed by atoms with Crippen molar-refractivity contribution in [2.24, 2.45) is 22.7 Å². The second-order valence-corrected chi connectivity index (χ2v) is 32.6. The predicted octanol–water partition coefficient (Wildman–Crippen LogP) is 9.10. The zero-order valence-corrected chi connectivity index (χ0v) is 46.3. The SMILES string of the molecule is CC(=O)O[C@]12CO[C@@H]1C[C@@H]1O[Si](C)(C)C[Si](C)(C)O[C@H]3C(=O)[C@@]1(C)C2[C@@H](OC(=O)c1ccccc1)[C@]1(O)C[C@@H](OC(=O)[C@@H](C)[C@H](c2ccccc2)N(C(=O)OC(C)(C)C)C(=O)c2ccccc2)C(C)=C3C1(C)C. The fourth-order valence-electron chi connectivity index (χ4n) is 12.9. The Balaban J connectivity index is 1.33. The number of ether oxygens (including phenoxy) is 5. The molecule has 392 valence electrons. The molecule has 2 amide bonds. The molecule has 3 aromatic carbocycles. The van der Waals surface area contributed by atoms with Crippen LogP contribution >= 0.6 is 0 Å². The lowest BCUT2D eigenvalue weighted by Crippen LogP contribution is -2.82. The number of esters is 3. The van der Waals surface area contributed by atoms with E-state index in [9.17, 15) is 24.3 Å². The fraction of sp³-hybridized carbons (Fsp3) is 0.536. The fourth-order valence-corrected chi connectivity index (χ4v) is 23.7. The summed E-state index contributed by atoms with van der Waals surface area (Å²) in [5.74, 6) is -6.02. The van der Waals surface area contributed by atoms with Crippen LogP contribution in [-0.2, 0) is 46.9 Å². The Bertz CT molecular complexity index is 2690. The molecule has 11 atom stereocenters. The highest BCUT2D eigenvalue weighted by atomic mass is 28.4. The first-order chi connectivity index (χ1) is 34.0. The van der Waals surface area contributed by atoms with E-state index in [2.05, 4.69) is 13.1 Å². The first-order valence-corrected chi connectivity index (χ1v) is 31.5. The first kappa shape index (κ1) is 54.0. The highest BCUT2D eigenvalue weighted by Crippen LogP contribution is 2.65. The van der Waals surface area contributed by atoms with Crippen LogP contribution in [0.1, 0.15) is 107 Å². The average Bonchev–Trinajstić information content (AvgIpc) is 3.32. The molecule has 73 heavy (non-hydrogen) atoms. The number of amides is 2. The molecule has 2 saturated carbocycles. The van der Waals surface area contributed by atoms with Gasteiger partial charge in [-0.1, -0.05) is 80.6 Å². The molecule has 8 rings (SSSR count). The summed E-state index contributed by atoms with van der Waals surface area (Å²) in [6.07, 6.45) is -7.15. The molecule has 3 aromatic rings. The van der Waals surface area contributed by atoms with Crippen molar-refractivity contribution in [1.82, 2.24) is 4.90 Å². The topological polar surface area (TPSA) is 190 Å². The van der Waals surface area contributed by atoms with Crippen molar-refractivity contribution < 1.29 is 66.4 Å². The maximum Gasteiger partial charge on any atom is 0.417 e. The Labute approximate surface area is 430 Å². The van der Waals surface area contributed by atoms with E-state index in [0.717, 1.165) is 4.90 Å². The Hall–Kier alpha value is -5.31. The number of imide groups is 1. The summed E-state index contributed by atoms with van der Waals surface area (Å²) in [6.45, 7) is 23.0. The zero-order valence-electron chi connectivity index (χ0n) is 44.3. The van der Waals surface area contributed by atoms with E-state index in [1.54, 1.807) is 146 Å². The molecule has 0 radical (unpaired) electrons. The molecular formula is C56H71NO14Si2. The number of aliphatic hydroxyl groups is 1. The third-order valence-corrected chi connectivity index (χ3v) is 24.6. The number of hydrogen-bond donors (Lipinski definition) is 1. The lowest BCUT2D eigenvalue weighted by molar-refractivity contribution is -0.344. The molecular weight excluding hydrogens is 967 g/mol. The van der Waals surface area contributed by atoms with E-state index in [0.29, 0.717) is 22.4 Å². The van der Waals surface area contributed by atoms with Gasteiger partial charge < -0.3 is 37.6 Å². The maximum atomic E-state index is 16.5. The number of ketones is 1. The molecule has 1 N–H and O–H groups in total. The number of hydrogen-bond acceptors (Lipinski definition) is 14. The Morgan fingerprint density at radius 1 is 0.808 bits per heavy atom. The van der Waals surface area contributed by atoms with Crippen molar-refractivity contribution >= 4 is 52.3 Å². The van der Waals surface area contributed by atoms with E-state index in [4.69, 9.17) is 32.5 Å². The van der Waals surface area contributed by atoms with E-state index in [1.807, 2.05) is 13.1 Å². The minimum absolute atomic E-state index is 0.164. The number of Topliss-reactive ketones (excluding diaryl/α,β-unsaturated/α-hetero) is 1. The molecule has 15 nitrogen and oxygen atoms in total. The van der Waals surface area contributed by atoms with Gasteiger partial charge in [0.05, 0.1) is 41.6 Å². The van der Waals surface area contributed by atoms with Crippen molar-refractivity contribution in [3.8, 4) is 0 Å². The number of benzene rings is 3. The van der Waals surface area contributed by atoms with Gasteiger partial charge >= 0.3 is 24.0 Å². The highest BCUT2D eigenvalue weighted by molar-refractivity contribution is 6.89. The van der Waals surface area contributed by atoms with E-state index >= 15 is 9.59 Å². The third-order valence-electron chi connectivity index (χ3n) is 16.0. The Morgan fingerprint density at radius 2 is 1.37 bits per heavy atom. The van der Waals surface area contributed by atoms with Gasteiger partial charge in [-0.2, -0.15) is 0 Å². The van der Waals surface area contributed by atoms with Gasteiger partial charge in [0.15, 0.2) is 28.0 Å². The van der Waals surface area contributed by atoms with Gasteiger partial charge in [-0.3, -0.25) is 19.2 Å². The maximum absolute atomic E-state index is 16.5. The number of carbonyl (C=O) groups is 6. The average molecular weight is 1040 g/mol. The van der Waals surface area contributed by atoms with Gasteiger partial charge in [0, 0.05) is 30.7 Å². The molecule has 2 aliphatic heterocycles. The summed E-state index contributed by atoms with van der Waals surface area (Å²) >= 11 is 0. The number of nitrogens with zero attached hydrogens (tertiary/aromatic N) is 1. The summed E-state index contributed by atoms with van der Waals surface area (Å²) in [6, 6.07) is 23.8. The van der Waals surface area contributed by atoms with E-state index < -0.39 is 128 Å². The lowest BCUT2D eigenvalue weighted by atomic mass is 9.44. The van der Waals surface area contributed by atoms with Gasteiger partial charge in [0.1, 0.15) is 35.6 Å². The predicted molar refractivity (Wildman–Crippen MR) is 274 cm³/mol. The Morgan fingerprint density at radius 3 is 1.92 bits per heavy atom. The summed E-state index contributed by atoms with van der Waals surface area (Å²) in [5.41, 5.74) is -5.83. The third kappa shape index (κ3) is 9.58. The smallest absolute Gasteiger partial charge is 0.417 e. The van der Waals surface area contributed by atoms with Crippen LogP contribution in [0.15, 0.2) is 102 Å². The van der Waals surface area contributed by atoms with Crippen LogP contribution in [0.4, 0.5) is 4.79 Å². The van der Waals surface area contributed by atoms with E-state index in [-0.39, 0.29) is 30.6 Å². The van der Waals surface area contributed by atoms with Gasteiger partial charge in [-0.25, -0.2) is 14.5 Å². The van der Waals surface area contributed by atoms with Crippen molar-refractivity contribution in [2.45, 2.75) is 160 Å². The van der Waals surface area contributed by atoms with Crippen LogP contribution in [0.5, 0.6) is 0 Å². The largest absolute Gasteiger partial charge is 0.457 e. The molecule has 3 aliphatic carbocycles. The van der Waals surface area contributed by atoms with Crippen molar-refractivity contribution in [1.29, 1.82) is 0 Å². The van der Waals surface area contributed by atoms with E-state index in [1.165, 1.54) is 6.92 Å². The van der Waals surface area contributed by atoms with Crippen molar-refractivity contribution in [2.75, 3.05) is 6.61 Å². The van der Waals surface area contributed by atoms with Crippen LogP contribution < -0.4 is 0 Å². The van der Waals surface area contributed by atoms with Crippen LogP contribution in [0.2, 0.25) is 31.9 Å². The van der Waals surface area contributed by atoms with Crippen LogP contribution in [-0.4, -0.2) is 116 Å². The van der Waals surface area contributed by atoms with Crippen LogP contribution in [0.25, 0.3) is 0 Å². The first-order valence-electron chi connectivity index (χ1n) is 25.3. The van der Waals surface area contributed by atoms with Crippen molar-refractivity contribution in [3.05, 3.63) is 119 Å². The quantitative estimate of drug-likeness (QED) is 0.0924. The van der Waals surface area contributed by atoms with Crippen molar-refractivity contribution in [3.63, 3.8) is 0 Å². The zero-order chi connectivity index (χ0) is 53.4. The molecule has 0 spiro atoms.